The molecule has 0 aliphatic carbocycles. The molecule has 0 spiro atoms. The zero-order valence-electron chi connectivity index (χ0n) is 17.1. The summed E-state index contributed by atoms with van der Waals surface area (Å²) < 4.78 is 55.9. The fourth-order valence-electron chi connectivity index (χ4n) is 2.69. The number of amides is 1. The minimum absolute atomic E-state index is 0.0169. The molecule has 1 aromatic carbocycles. The zero-order valence-corrected chi connectivity index (χ0v) is 17.1. The van der Waals surface area contributed by atoms with E-state index in [2.05, 4.69) is 15.5 Å². The number of nitrogens with one attached hydrogen (secondary N) is 1. The SMILES string of the molecule is COCCOc1ccc(C(F)(F)F)cc1NC(=O)COC(=O)c1ccc2nnc(C)n2c1. The Kier molecular flexibility index (Phi) is 6.93. The van der Waals surface area contributed by atoms with Gasteiger partial charge in [0.25, 0.3) is 5.91 Å². The Morgan fingerprint density at radius 1 is 1.12 bits per heavy atom. The van der Waals surface area contributed by atoms with Gasteiger partial charge in [-0.2, -0.15) is 13.2 Å². The Balaban J connectivity index is 1.68. The molecule has 0 unspecified atom stereocenters. The van der Waals surface area contributed by atoms with Gasteiger partial charge in [0.2, 0.25) is 0 Å². The molecular weight excluding hydrogens is 433 g/mol. The maximum Gasteiger partial charge on any atom is 0.416 e. The van der Waals surface area contributed by atoms with Gasteiger partial charge in [0.15, 0.2) is 12.3 Å². The molecule has 0 fully saturated rings. The van der Waals surface area contributed by atoms with Crippen molar-refractivity contribution in [1.29, 1.82) is 0 Å². The average Bonchev–Trinajstić information content (AvgIpc) is 3.12. The van der Waals surface area contributed by atoms with Crippen molar-refractivity contribution in [3.05, 3.63) is 53.5 Å². The van der Waals surface area contributed by atoms with Crippen LogP contribution in [0.2, 0.25) is 0 Å². The third-order valence-electron chi connectivity index (χ3n) is 4.27. The molecule has 2 heterocycles. The Morgan fingerprint density at radius 3 is 2.62 bits per heavy atom. The van der Waals surface area contributed by atoms with E-state index >= 15 is 0 Å². The van der Waals surface area contributed by atoms with Gasteiger partial charge < -0.3 is 19.5 Å². The number of rotatable bonds is 8. The molecule has 0 atom stereocenters. The lowest BCUT2D eigenvalue weighted by Gasteiger charge is -2.15. The monoisotopic (exact) mass is 452 g/mol. The number of pyridine rings is 1. The molecule has 0 aliphatic heterocycles. The number of benzene rings is 1. The number of alkyl halides is 3. The third-order valence-corrected chi connectivity index (χ3v) is 4.27. The van der Waals surface area contributed by atoms with E-state index in [4.69, 9.17) is 14.2 Å². The Hall–Kier alpha value is -3.67. The van der Waals surface area contributed by atoms with Crippen molar-refractivity contribution >= 4 is 23.2 Å². The van der Waals surface area contributed by atoms with E-state index in [1.807, 2.05) is 0 Å². The Bertz CT molecular complexity index is 1130. The Morgan fingerprint density at radius 2 is 1.91 bits per heavy atom. The number of halogens is 3. The second-order valence-electron chi connectivity index (χ2n) is 6.57. The van der Waals surface area contributed by atoms with E-state index in [0.29, 0.717) is 11.5 Å². The molecule has 1 N–H and O–H groups in total. The predicted molar refractivity (Wildman–Crippen MR) is 105 cm³/mol. The van der Waals surface area contributed by atoms with E-state index in [-0.39, 0.29) is 30.2 Å². The number of carbonyl (C=O) groups is 2. The van der Waals surface area contributed by atoms with E-state index in [9.17, 15) is 22.8 Å². The molecular formula is C20H19F3N4O5. The van der Waals surface area contributed by atoms with Gasteiger partial charge in [-0.05, 0) is 37.3 Å². The minimum atomic E-state index is -4.62. The smallest absolute Gasteiger partial charge is 0.416 e. The van der Waals surface area contributed by atoms with E-state index in [0.717, 1.165) is 18.2 Å². The van der Waals surface area contributed by atoms with Crippen LogP contribution >= 0.6 is 0 Å². The van der Waals surface area contributed by atoms with Crippen LogP contribution in [0.15, 0.2) is 36.5 Å². The van der Waals surface area contributed by atoms with Crippen molar-refractivity contribution in [2.24, 2.45) is 0 Å². The molecule has 3 rings (SSSR count). The molecule has 0 aliphatic rings. The molecule has 32 heavy (non-hydrogen) atoms. The highest BCUT2D eigenvalue weighted by molar-refractivity contribution is 5.96. The van der Waals surface area contributed by atoms with Crippen LogP contribution in [-0.2, 0) is 20.4 Å². The van der Waals surface area contributed by atoms with Gasteiger partial charge in [0, 0.05) is 13.3 Å². The molecule has 12 heteroatoms. The highest BCUT2D eigenvalue weighted by Crippen LogP contribution is 2.35. The second-order valence-corrected chi connectivity index (χ2v) is 6.57. The summed E-state index contributed by atoms with van der Waals surface area (Å²) in [6.07, 6.45) is -3.16. The fourth-order valence-corrected chi connectivity index (χ4v) is 2.69. The average molecular weight is 452 g/mol. The summed E-state index contributed by atoms with van der Waals surface area (Å²) in [6, 6.07) is 5.68. The molecule has 0 bridgehead atoms. The largest absolute Gasteiger partial charge is 0.489 e. The van der Waals surface area contributed by atoms with Crippen LogP contribution in [0.3, 0.4) is 0 Å². The maximum absolute atomic E-state index is 13.0. The van der Waals surface area contributed by atoms with Crippen LogP contribution in [0.5, 0.6) is 5.75 Å². The number of fused-ring (bicyclic) bond motifs is 1. The van der Waals surface area contributed by atoms with Gasteiger partial charge >= 0.3 is 12.1 Å². The normalized spacial score (nSPS) is 11.4. The first-order valence-electron chi connectivity index (χ1n) is 9.30. The summed E-state index contributed by atoms with van der Waals surface area (Å²) in [5.41, 5.74) is -0.502. The van der Waals surface area contributed by atoms with E-state index in [1.165, 1.54) is 19.4 Å². The standard InChI is InChI=1S/C20H19F3N4O5/c1-12-25-26-17-6-3-13(10-27(12)17)19(29)32-11-18(28)24-15-9-14(20(21,22)23)4-5-16(15)31-8-7-30-2/h3-6,9-10H,7-8,11H2,1-2H3,(H,24,28). The van der Waals surface area contributed by atoms with Crippen LogP contribution < -0.4 is 10.1 Å². The number of hydrogen-bond acceptors (Lipinski definition) is 7. The van der Waals surface area contributed by atoms with Gasteiger partial charge in [-0.15, -0.1) is 10.2 Å². The molecule has 0 saturated carbocycles. The van der Waals surface area contributed by atoms with Gasteiger partial charge in [-0.1, -0.05) is 0 Å². The quantitative estimate of drug-likeness (QED) is 0.414. The molecule has 0 radical (unpaired) electrons. The van der Waals surface area contributed by atoms with Crippen molar-refractivity contribution in [2.45, 2.75) is 13.1 Å². The van der Waals surface area contributed by atoms with Crippen LogP contribution in [0.1, 0.15) is 21.7 Å². The van der Waals surface area contributed by atoms with Crippen molar-refractivity contribution in [3.63, 3.8) is 0 Å². The first-order valence-corrected chi connectivity index (χ1v) is 9.30. The lowest BCUT2D eigenvalue weighted by molar-refractivity contribution is -0.137. The Labute approximate surface area is 180 Å². The fraction of sp³-hybridized carbons (Fsp3) is 0.300. The van der Waals surface area contributed by atoms with Crippen molar-refractivity contribution in [3.8, 4) is 5.75 Å². The molecule has 2 aromatic heterocycles. The van der Waals surface area contributed by atoms with Crippen molar-refractivity contribution in [1.82, 2.24) is 14.6 Å². The van der Waals surface area contributed by atoms with Gasteiger partial charge in [0.1, 0.15) is 18.2 Å². The number of aromatic nitrogens is 3. The van der Waals surface area contributed by atoms with Crippen LogP contribution in [0.25, 0.3) is 5.65 Å². The summed E-state index contributed by atoms with van der Waals surface area (Å²) in [4.78, 5) is 24.5. The van der Waals surface area contributed by atoms with E-state index in [1.54, 1.807) is 17.4 Å². The second kappa shape index (κ2) is 9.64. The minimum Gasteiger partial charge on any atom is -0.489 e. The van der Waals surface area contributed by atoms with Crippen molar-refractivity contribution in [2.75, 3.05) is 32.2 Å². The number of esters is 1. The maximum atomic E-state index is 13.0. The summed E-state index contributed by atoms with van der Waals surface area (Å²) >= 11 is 0. The lowest BCUT2D eigenvalue weighted by atomic mass is 10.1. The highest BCUT2D eigenvalue weighted by Gasteiger charge is 2.31. The zero-order chi connectivity index (χ0) is 23.3. The van der Waals surface area contributed by atoms with Crippen molar-refractivity contribution < 1.29 is 37.0 Å². The lowest BCUT2D eigenvalue weighted by Crippen LogP contribution is -2.22. The predicted octanol–water partition coefficient (Wildman–Crippen LogP) is 2.88. The number of anilines is 1. The molecule has 170 valence electrons. The highest BCUT2D eigenvalue weighted by atomic mass is 19.4. The summed E-state index contributed by atoms with van der Waals surface area (Å²) in [6.45, 7) is 1.24. The number of methoxy groups -OCH3 is 1. The van der Waals surface area contributed by atoms with Gasteiger partial charge in [0.05, 0.1) is 23.4 Å². The van der Waals surface area contributed by atoms with Gasteiger partial charge in [-0.25, -0.2) is 4.79 Å². The number of aryl methyl sites for hydroxylation is 1. The van der Waals surface area contributed by atoms with Crippen LogP contribution in [0, 0.1) is 6.92 Å². The first kappa shape index (κ1) is 23.0. The van der Waals surface area contributed by atoms with Gasteiger partial charge in [-0.3, -0.25) is 9.20 Å². The number of hydrogen-bond donors (Lipinski definition) is 1. The van der Waals surface area contributed by atoms with E-state index < -0.39 is 30.2 Å². The third kappa shape index (κ3) is 5.52. The topological polar surface area (TPSA) is 104 Å². The molecule has 1 amide bonds. The number of ether oxygens (including phenoxy) is 3. The molecule has 9 nitrogen and oxygen atoms in total. The number of carbonyl (C=O) groups excluding carboxylic acids is 2. The molecule has 3 aromatic rings. The summed E-state index contributed by atoms with van der Waals surface area (Å²) in [5.74, 6) is -1.06. The summed E-state index contributed by atoms with van der Waals surface area (Å²) in [5, 5.41) is 10.1. The van der Waals surface area contributed by atoms with Crippen LogP contribution in [0.4, 0.5) is 18.9 Å². The molecule has 0 saturated heterocycles. The first-order chi connectivity index (χ1) is 15.2. The number of nitrogens with zero attached hydrogens (tertiary/aromatic N) is 3. The van der Waals surface area contributed by atoms with Crippen LogP contribution in [-0.4, -0.2) is 53.4 Å². The summed E-state index contributed by atoms with van der Waals surface area (Å²) in [7, 11) is 1.44.